The molecule has 2 rings (SSSR count). The Morgan fingerprint density at radius 1 is 1.50 bits per heavy atom. The molecule has 0 aliphatic rings. The Bertz CT molecular complexity index is 833. The zero-order chi connectivity index (χ0) is 19.1. The third kappa shape index (κ3) is 5.13. The average Bonchev–Trinajstić information content (AvgIpc) is 2.97. The number of nitrogens with zero attached hydrogens (tertiary/aromatic N) is 2. The number of methoxy groups -OCH3 is 1. The number of thioether (sulfide) groups is 1. The number of carbonyl (C=O) groups excluding carboxylic acids is 1. The van der Waals surface area contributed by atoms with E-state index >= 15 is 0 Å². The number of rotatable bonds is 8. The molecule has 1 aromatic carbocycles. The number of carbonyl (C=O) groups is 1. The maximum Gasteiger partial charge on any atom is 0.257 e. The van der Waals surface area contributed by atoms with E-state index in [1.165, 1.54) is 30.2 Å². The van der Waals surface area contributed by atoms with Crippen LogP contribution in [0.15, 0.2) is 20.8 Å². The smallest absolute Gasteiger partial charge is 0.257 e. The molecule has 0 aliphatic carbocycles. The van der Waals surface area contributed by atoms with Crippen molar-refractivity contribution in [1.29, 1.82) is 5.26 Å². The van der Waals surface area contributed by atoms with Crippen LogP contribution >= 0.6 is 39.0 Å². The van der Waals surface area contributed by atoms with Crippen LogP contribution in [0.25, 0.3) is 0 Å². The molecule has 1 heterocycles. The predicted octanol–water partition coefficient (Wildman–Crippen LogP) is 4.88. The van der Waals surface area contributed by atoms with E-state index in [1.54, 1.807) is 12.1 Å². The Balaban J connectivity index is 2.19. The Morgan fingerprint density at radius 2 is 2.27 bits per heavy atom. The van der Waals surface area contributed by atoms with Gasteiger partial charge in [-0.2, -0.15) is 5.26 Å². The van der Waals surface area contributed by atoms with Gasteiger partial charge in [0.2, 0.25) is 0 Å². The molecule has 0 atom stereocenters. The van der Waals surface area contributed by atoms with Gasteiger partial charge in [-0.1, -0.05) is 30.0 Å². The molecule has 0 radical (unpaired) electrons. The largest absolute Gasteiger partial charge is 0.493 e. The Labute approximate surface area is 169 Å². The number of benzene rings is 1. The molecule has 0 saturated heterocycles. The summed E-state index contributed by atoms with van der Waals surface area (Å²) in [5, 5.41) is 12.0. The third-order valence-electron chi connectivity index (χ3n) is 3.18. The zero-order valence-corrected chi connectivity index (χ0v) is 17.8. The van der Waals surface area contributed by atoms with Gasteiger partial charge in [-0.05, 0) is 41.4 Å². The topological polar surface area (TPSA) is 84.2 Å². The normalized spacial score (nSPS) is 10.3. The molecule has 0 saturated carbocycles. The lowest BCUT2D eigenvalue weighted by Gasteiger charge is -2.13. The number of aryl methyl sites for hydroxylation is 1. The highest BCUT2D eigenvalue weighted by molar-refractivity contribution is 9.10. The monoisotopic (exact) mass is 455 g/mol. The van der Waals surface area contributed by atoms with Crippen LogP contribution in [0.1, 0.15) is 29.4 Å². The van der Waals surface area contributed by atoms with Crippen molar-refractivity contribution in [2.24, 2.45) is 0 Å². The maximum atomic E-state index is 12.6. The van der Waals surface area contributed by atoms with Gasteiger partial charge < -0.3 is 9.47 Å². The lowest BCUT2D eigenvalue weighted by Crippen LogP contribution is -2.12. The van der Waals surface area contributed by atoms with E-state index in [2.05, 4.69) is 32.3 Å². The van der Waals surface area contributed by atoms with Gasteiger partial charge in [0, 0.05) is 5.56 Å². The van der Waals surface area contributed by atoms with E-state index in [0.29, 0.717) is 39.0 Å². The summed E-state index contributed by atoms with van der Waals surface area (Å²) in [7, 11) is 1.53. The minimum absolute atomic E-state index is 0.295. The van der Waals surface area contributed by atoms with E-state index in [-0.39, 0.29) is 5.91 Å². The van der Waals surface area contributed by atoms with Crippen LogP contribution in [0.5, 0.6) is 11.5 Å². The van der Waals surface area contributed by atoms with Crippen molar-refractivity contribution in [3.63, 3.8) is 0 Å². The van der Waals surface area contributed by atoms with Crippen molar-refractivity contribution in [2.75, 3.05) is 24.8 Å². The maximum absolute atomic E-state index is 12.6. The molecule has 0 spiro atoms. The summed E-state index contributed by atoms with van der Waals surface area (Å²) in [6.07, 6.45) is 0.868. The van der Waals surface area contributed by atoms with Gasteiger partial charge in [0.05, 0.1) is 39.9 Å². The Hall–Kier alpha value is -1.76. The molecular weight excluding hydrogens is 438 g/mol. The van der Waals surface area contributed by atoms with Crippen LogP contribution in [0, 0.1) is 18.3 Å². The highest BCUT2D eigenvalue weighted by Crippen LogP contribution is 2.37. The quantitative estimate of drug-likeness (QED) is 0.570. The van der Waals surface area contributed by atoms with Gasteiger partial charge in [-0.15, -0.1) is 0 Å². The molecule has 0 aliphatic heterocycles. The van der Waals surface area contributed by atoms with Gasteiger partial charge in [-0.3, -0.25) is 10.1 Å². The van der Waals surface area contributed by atoms with E-state index in [0.717, 1.165) is 16.3 Å². The van der Waals surface area contributed by atoms with Gasteiger partial charge in [0.1, 0.15) is 0 Å². The summed E-state index contributed by atoms with van der Waals surface area (Å²) in [5.41, 5.74) is 1.23. The van der Waals surface area contributed by atoms with Gasteiger partial charge in [0.15, 0.2) is 16.6 Å². The molecule has 1 aromatic heterocycles. The minimum atomic E-state index is -0.295. The Morgan fingerprint density at radius 3 is 2.92 bits per heavy atom. The molecule has 138 valence electrons. The number of amides is 1. The van der Waals surface area contributed by atoms with Crippen LogP contribution < -0.4 is 14.8 Å². The molecule has 0 fully saturated rings. The van der Waals surface area contributed by atoms with Crippen molar-refractivity contribution in [1.82, 2.24) is 4.98 Å². The van der Waals surface area contributed by atoms with Crippen LogP contribution in [-0.2, 0) is 0 Å². The second-order valence-electron chi connectivity index (χ2n) is 5.13. The van der Waals surface area contributed by atoms with Crippen molar-refractivity contribution < 1.29 is 14.3 Å². The highest BCUT2D eigenvalue weighted by atomic mass is 79.9. The predicted molar refractivity (Wildman–Crippen MR) is 108 cm³/mol. The molecule has 0 bridgehead atoms. The lowest BCUT2D eigenvalue weighted by molar-refractivity contribution is 0.102. The van der Waals surface area contributed by atoms with Crippen molar-refractivity contribution in [3.8, 4) is 17.6 Å². The summed E-state index contributed by atoms with van der Waals surface area (Å²) in [4.78, 5) is 16.9. The number of hydrogen-bond acceptors (Lipinski definition) is 7. The summed E-state index contributed by atoms with van der Waals surface area (Å²) in [6, 6.07) is 5.41. The highest BCUT2D eigenvalue weighted by Gasteiger charge is 2.17. The first-order chi connectivity index (χ1) is 12.5. The van der Waals surface area contributed by atoms with E-state index in [4.69, 9.17) is 14.7 Å². The number of ether oxygens (including phenoxy) is 2. The van der Waals surface area contributed by atoms with Crippen molar-refractivity contribution in [3.05, 3.63) is 27.9 Å². The molecule has 0 unspecified atom stereocenters. The SMILES string of the molecule is CCCOc1c(Br)cc(C(=O)Nc2nc(C)c(SCC#N)s2)cc1OC. The fourth-order valence-corrected chi connectivity index (χ4v) is 4.38. The molecule has 6 nitrogen and oxygen atoms in total. The van der Waals surface area contributed by atoms with Gasteiger partial charge in [-0.25, -0.2) is 4.98 Å². The number of thiazole rings is 1. The Kier molecular flexibility index (Phi) is 7.75. The molecule has 1 N–H and O–H groups in total. The fraction of sp³-hybridized carbons (Fsp3) is 0.353. The number of nitrogens with one attached hydrogen (secondary N) is 1. The van der Waals surface area contributed by atoms with Gasteiger partial charge in [0.25, 0.3) is 5.91 Å². The summed E-state index contributed by atoms with van der Waals surface area (Å²) in [5.74, 6) is 1.11. The van der Waals surface area contributed by atoms with Gasteiger partial charge >= 0.3 is 0 Å². The van der Waals surface area contributed by atoms with E-state index < -0.39 is 0 Å². The molecule has 9 heteroatoms. The molecular formula is C17H18BrN3O3S2. The number of halogens is 1. The second-order valence-corrected chi connectivity index (χ2v) is 8.23. The number of anilines is 1. The minimum Gasteiger partial charge on any atom is -0.493 e. The molecule has 2 aromatic rings. The first-order valence-electron chi connectivity index (χ1n) is 7.79. The molecule has 26 heavy (non-hydrogen) atoms. The standard InChI is InChI=1S/C17H18BrN3O3S2/c1-4-6-24-14-12(18)8-11(9-13(14)23-3)15(22)21-17-20-10(2)16(26-17)25-7-5-19/h8-9H,4,6-7H2,1-3H3,(H,20,21,22). The first-order valence-corrected chi connectivity index (χ1v) is 10.4. The van der Waals surface area contributed by atoms with Crippen molar-refractivity contribution in [2.45, 2.75) is 24.5 Å². The third-order valence-corrected chi connectivity index (χ3v) is 6.08. The summed E-state index contributed by atoms with van der Waals surface area (Å²) < 4.78 is 12.6. The van der Waals surface area contributed by atoms with Crippen molar-refractivity contribution >= 4 is 50.1 Å². The van der Waals surface area contributed by atoms with Crippen LogP contribution in [0.4, 0.5) is 5.13 Å². The summed E-state index contributed by atoms with van der Waals surface area (Å²) in [6.45, 7) is 4.43. The van der Waals surface area contributed by atoms with Crippen LogP contribution in [0.2, 0.25) is 0 Å². The average molecular weight is 456 g/mol. The number of aromatic nitrogens is 1. The summed E-state index contributed by atoms with van der Waals surface area (Å²) >= 11 is 6.20. The molecule has 1 amide bonds. The van der Waals surface area contributed by atoms with Crippen LogP contribution in [0.3, 0.4) is 0 Å². The number of hydrogen-bond donors (Lipinski definition) is 1. The second kappa shape index (κ2) is 9.80. The fourth-order valence-electron chi connectivity index (χ4n) is 2.03. The van der Waals surface area contributed by atoms with E-state index in [9.17, 15) is 4.79 Å². The zero-order valence-electron chi connectivity index (χ0n) is 14.6. The first kappa shape index (κ1) is 20.6. The van der Waals surface area contributed by atoms with E-state index in [1.807, 2.05) is 13.8 Å². The van der Waals surface area contributed by atoms with Crippen LogP contribution in [-0.4, -0.2) is 30.4 Å². The number of nitriles is 1. The lowest BCUT2D eigenvalue weighted by atomic mass is 10.2.